The van der Waals surface area contributed by atoms with Gasteiger partial charge in [-0.25, -0.2) is 4.79 Å². The van der Waals surface area contributed by atoms with E-state index in [9.17, 15) is 4.79 Å². The Hall–Kier alpha value is -1.46. The molecule has 5 nitrogen and oxygen atoms in total. The lowest BCUT2D eigenvalue weighted by molar-refractivity contribution is 0.177. The fourth-order valence-electron chi connectivity index (χ4n) is 2.16. The Kier molecular flexibility index (Phi) is 5.49. The second-order valence-corrected chi connectivity index (χ2v) is 5.32. The van der Waals surface area contributed by atoms with Crippen LogP contribution in [0.3, 0.4) is 0 Å². The molecule has 1 heterocycles. The summed E-state index contributed by atoms with van der Waals surface area (Å²) in [5.41, 5.74) is 5.85. The highest BCUT2D eigenvalue weighted by atomic mass is 35.5. The Balaban J connectivity index is 1.65. The highest BCUT2D eigenvalue weighted by Crippen LogP contribution is 2.15. The number of ether oxygens (including phenoxy) is 1. The standard InChI is InChI=1S/C14H20ClN3O2/c15-11-3-5-13(6-4-11)20-9-7-17-14(19)18-8-1-2-12(16)10-18/h3-6,12H,1-2,7-10,16H2,(H,17,19)/t12-/m0/s1. The lowest BCUT2D eigenvalue weighted by Gasteiger charge is -2.30. The first kappa shape index (κ1) is 14.9. The minimum atomic E-state index is -0.0696. The van der Waals surface area contributed by atoms with Gasteiger partial charge < -0.3 is 20.7 Å². The number of nitrogens with zero attached hydrogens (tertiary/aromatic N) is 1. The average molecular weight is 298 g/mol. The van der Waals surface area contributed by atoms with E-state index in [0.29, 0.717) is 24.7 Å². The Morgan fingerprint density at radius 3 is 2.90 bits per heavy atom. The van der Waals surface area contributed by atoms with Gasteiger partial charge in [0, 0.05) is 24.2 Å². The Morgan fingerprint density at radius 2 is 2.20 bits per heavy atom. The molecular formula is C14H20ClN3O2. The van der Waals surface area contributed by atoms with Crippen LogP contribution in [0.1, 0.15) is 12.8 Å². The van der Waals surface area contributed by atoms with Crippen molar-refractivity contribution >= 4 is 17.6 Å². The third-order valence-electron chi connectivity index (χ3n) is 3.21. The maximum absolute atomic E-state index is 11.9. The molecule has 0 spiro atoms. The van der Waals surface area contributed by atoms with E-state index in [2.05, 4.69) is 5.32 Å². The zero-order valence-electron chi connectivity index (χ0n) is 11.3. The molecule has 1 saturated heterocycles. The molecule has 2 amide bonds. The van der Waals surface area contributed by atoms with E-state index in [-0.39, 0.29) is 12.1 Å². The molecule has 1 aliphatic rings. The molecule has 0 unspecified atom stereocenters. The van der Waals surface area contributed by atoms with Crippen LogP contribution < -0.4 is 15.8 Å². The number of benzene rings is 1. The highest BCUT2D eigenvalue weighted by Gasteiger charge is 2.20. The summed E-state index contributed by atoms with van der Waals surface area (Å²) in [5, 5.41) is 3.51. The summed E-state index contributed by atoms with van der Waals surface area (Å²) in [7, 11) is 0. The number of urea groups is 1. The van der Waals surface area contributed by atoms with Gasteiger partial charge in [0.25, 0.3) is 0 Å². The van der Waals surface area contributed by atoms with Gasteiger partial charge in [-0.05, 0) is 37.1 Å². The van der Waals surface area contributed by atoms with Crippen molar-refractivity contribution in [3.05, 3.63) is 29.3 Å². The maximum Gasteiger partial charge on any atom is 0.317 e. The van der Waals surface area contributed by atoms with Gasteiger partial charge >= 0.3 is 6.03 Å². The van der Waals surface area contributed by atoms with Gasteiger partial charge in [-0.3, -0.25) is 0 Å². The smallest absolute Gasteiger partial charge is 0.317 e. The summed E-state index contributed by atoms with van der Waals surface area (Å²) in [6.07, 6.45) is 1.96. The monoisotopic (exact) mass is 297 g/mol. The van der Waals surface area contributed by atoms with E-state index in [1.165, 1.54) is 0 Å². The number of halogens is 1. The fraction of sp³-hybridized carbons (Fsp3) is 0.500. The van der Waals surface area contributed by atoms with Crippen molar-refractivity contribution < 1.29 is 9.53 Å². The second-order valence-electron chi connectivity index (χ2n) is 4.88. The van der Waals surface area contributed by atoms with Crippen molar-refractivity contribution in [2.45, 2.75) is 18.9 Å². The van der Waals surface area contributed by atoms with E-state index in [1.807, 2.05) is 0 Å². The number of nitrogens with two attached hydrogens (primary N) is 1. The second kappa shape index (κ2) is 7.36. The third kappa shape index (κ3) is 4.58. The summed E-state index contributed by atoms with van der Waals surface area (Å²) in [5.74, 6) is 0.739. The lowest BCUT2D eigenvalue weighted by Crippen LogP contribution is -2.50. The van der Waals surface area contributed by atoms with Crippen LogP contribution in [0.2, 0.25) is 5.02 Å². The van der Waals surface area contributed by atoms with Gasteiger partial charge in [0.2, 0.25) is 0 Å². The van der Waals surface area contributed by atoms with Crippen molar-refractivity contribution in [1.82, 2.24) is 10.2 Å². The van der Waals surface area contributed by atoms with Crippen LogP contribution in [0.15, 0.2) is 24.3 Å². The first-order valence-electron chi connectivity index (χ1n) is 6.82. The van der Waals surface area contributed by atoms with Gasteiger partial charge in [-0.1, -0.05) is 11.6 Å². The number of carbonyl (C=O) groups is 1. The molecule has 2 rings (SSSR count). The van der Waals surface area contributed by atoms with E-state index in [0.717, 1.165) is 25.1 Å². The van der Waals surface area contributed by atoms with Gasteiger partial charge in [0.05, 0.1) is 6.54 Å². The van der Waals surface area contributed by atoms with Crippen LogP contribution >= 0.6 is 11.6 Å². The van der Waals surface area contributed by atoms with Crippen LogP contribution in [-0.2, 0) is 0 Å². The quantitative estimate of drug-likeness (QED) is 0.834. The number of hydrogen-bond donors (Lipinski definition) is 2. The first-order valence-corrected chi connectivity index (χ1v) is 7.19. The topological polar surface area (TPSA) is 67.6 Å². The Morgan fingerprint density at radius 1 is 1.45 bits per heavy atom. The molecule has 6 heteroatoms. The van der Waals surface area contributed by atoms with Gasteiger partial charge in [-0.2, -0.15) is 0 Å². The minimum Gasteiger partial charge on any atom is -0.492 e. The minimum absolute atomic E-state index is 0.0696. The molecular weight excluding hydrogens is 278 g/mol. The Labute approximate surface area is 124 Å². The van der Waals surface area contributed by atoms with Crippen molar-refractivity contribution in [3.63, 3.8) is 0 Å². The highest BCUT2D eigenvalue weighted by molar-refractivity contribution is 6.30. The van der Waals surface area contributed by atoms with Crippen molar-refractivity contribution in [2.75, 3.05) is 26.2 Å². The van der Waals surface area contributed by atoms with E-state index >= 15 is 0 Å². The van der Waals surface area contributed by atoms with Crippen molar-refractivity contribution in [3.8, 4) is 5.75 Å². The van der Waals surface area contributed by atoms with Crippen molar-refractivity contribution in [2.24, 2.45) is 5.73 Å². The molecule has 110 valence electrons. The van der Waals surface area contributed by atoms with Gasteiger partial charge in [0.15, 0.2) is 0 Å². The average Bonchev–Trinajstić information content (AvgIpc) is 2.45. The van der Waals surface area contributed by atoms with Crippen LogP contribution in [0.25, 0.3) is 0 Å². The SMILES string of the molecule is N[C@H]1CCCN(C(=O)NCCOc2ccc(Cl)cc2)C1. The van der Waals surface area contributed by atoms with Gasteiger partial charge in [0.1, 0.15) is 12.4 Å². The molecule has 0 bridgehead atoms. The number of carbonyl (C=O) groups excluding carboxylic acids is 1. The predicted octanol–water partition coefficient (Wildman–Crippen LogP) is 1.85. The van der Waals surface area contributed by atoms with Gasteiger partial charge in [-0.15, -0.1) is 0 Å². The molecule has 1 aliphatic heterocycles. The molecule has 0 aliphatic carbocycles. The molecule has 20 heavy (non-hydrogen) atoms. The zero-order valence-corrected chi connectivity index (χ0v) is 12.1. The van der Waals surface area contributed by atoms with E-state index in [1.54, 1.807) is 29.2 Å². The van der Waals surface area contributed by atoms with Crippen molar-refractivity contribution in [1.29, 1.82) is 0 Å². The molecule has 1 fully saturated rings. The first-order chi connectivity index (χ1) is 9.65. The molecule has 0 radical (unpaired) electrons. The maximum atomic E-state index is 11.9. The predicted molar refractivity (Wildman–Crippen MR) is 79.1 cm³/mol. The van der Waals surface area contributed by atoms with Crippen LogP contribution in [0.4, 0.5) is 4.79 Å². The zero-order chi connectivity index (χ0) is 14.4. The number of nitrogens with one attached hydrogen (secondary N) is 1. The van der Waals surface area contributed by atoms with E-state index < -0.39 is 0 Å². The number of piperidine rings is 1. The van der Waals surface area contributed by atoms with Crippen LogP contribution in [-0.4, -0.2) is 43.2 Å². The Bertz CT molecular complexity index is 439. The number of amides is 2. The summed E-state index contributed by atoms with van der Waals surface area (Å²) in [6.45, 7) is 2.29. The van der Waals surface area contributed by atoms with E-state index in [4.69, 9.17) is 22.1 Å². The summed E-state index contributed by atoms with van der Waals surface area (Å²) >= 11 is 5.78. The molecule has 1 aromatic rings. The summed E-state index contributed by atoms with van der Waals surface area (Å²) < 4.78 is 5.50. The number of likely N-dealkylation sites (tertiary alicyclic amines) is 1. The molecule has 1 atom stereocenters. The third-order valence-corrected chi connectivity index (χ3v) is 3.46. The molecule has 1 aromatic carbocycles. The molecule has 0 aromatic heterocycles. The normalized spacial score (nSPS) is 18.7. The largest absolute Gasteiger partial charge is 0.492 e. The van der Waals surface area contributed by atoms with Crippen LogP contribution in [0.5, 0.6) is 5.75 Å². The molecule has 3 N–H and O–H groups in total. The fourth-order valence-corrected chi connectivity index (χ4v) is 2.29. The number of rotatable bonds is 4. The lowest BCUT2D eigenvalue weighted by atomic mass is 10.1. The molecule has 0 saturated carbocycles. The summed E-state index contributed by atoms with van der Waals surface area (Å²) in [4.78, 5) is 13.6. The number of hydrogen-bond acceptors (Lipinski definition) is 3. The summed E-state index contributed by atoms with van der Waals surface area (Å²) in [6, 6.07) is 7.16. The van der Waals surface area contributed by atoms with Crippen LogP contribution in [0, 0.1) is 0 Å².